The number of amides is 3. The summed E-state index contributed by atoms with van der Waals surface area (Å²) >= 11 is 0. The van der Waals surface area contributed by atoms with Crippen LogP contribution in [0.15, 0.2) is 0 Å². The standard InChI is InChI=1S/C12H21N3O5/c1-2-20-9-3-5-14(6-4-9)12(19)15(7-10(13)16)8-11(17)18/h9H,2-8H2,1H3,(H2,13,16)(H,17,18). The van der Waals surface area contributed by atoms with Gasteiger partial charge in [0.15, 0.2) is 0 Å². The Morgan fingerprint density at radius 2 is 1.90 bits per heavy atom. The zero-order chi connectivity index (χ0) is 15.1. The third-order valence-electron chi connectivity index (χ3n) is 3.06. The number of aliphatic carboxylic acids is 1. The molecule has 114 valence electrons. The van der Waals surface area contributed by atoms with Crippen LogP contribution in [0.4, 0.5) is 4.79 Å². The first-order valence-electron chi connectivity index (χ1n) is 6.59. The van der Waals surface area contributed by atoms with Gasteiger partial charge in [-0.25, -0.2) is 4.79 Å². The number of carboxylic acid groups (broad SMARTS) is 1. The van der Waals surface area contributed by atoms with Crippen molar-refractivity contribution in [1.82, 2.24) is 9.80 Å². The zero-order valence-corrected chi connectivity index (χ0v) is 11.6. The van der Waals surface area contributed by atoms with Crippen LogP contribution < -0.4 is 5.73 Å². The van der Waals surface area contributed by atoms with Crippen LogP contribution in [0.1, 0.15) is 19.8 Å². The Hall–Kier alpha value is -1.83. The number of carbonyl (C=O) groups is 3. The Labute approximate surface area is 117 Å². The minimum atomic E-state index is -1.18. The van der Waals surface area contributed by atoms with Crippen LogP contribution in [-0.2, 0) is 14.3 Å². The number of carboxylic acids is 1. The van der Waals surface area contributed by atoms with E-state index in [0.717, 1.165) is 4.90 Å². The highest BCUT2D eigenvalue weighted by atomic mass is 16.5. The fraction of sp³-hybridized carbons (Fsp3) is 0.750. The predicted molar refractivity (Wildman–Crippen MR) is 70.0 cm³/mol. The summed E-state index contributed by atoms with van der Waals surface area (Å²) in [5.41, 5.74) is 5.03. The lowest BCUT2D eigenvalue weighted by Crippen LogP contribution is -2.51. The summed E-state index contributed by atoms with van der Waals surface area (Å²) in [6.07, 6.45) is 1.54. The molecule has 0 saturated carbocycles. The first-order chi connectivity index (χ1) is 9.43. The van der Waals surface area contributed by atoms with Crippen LogP contribution in [0.25, 0.3) is 0 Å². The van der Waals surface area contributed by atoms with Gasteiger partial charge in [-0.05, 0) is 19.8 Å². The summed E-state index contributed by atoms with van der Waals surface area (Å²) in [4.78, 5) is 36.3. The van der Waals surface area contributed by atoms with Gasteiger partial charge in [0, 0.05) is 19.7 Å². The van der Waals surface area contributed by atoms with E-state index in [9.17, 15) is 14.4 Å². The molecule has 8 nitrogen and oxygen atoms in total. The number of nitrogens with zero attached hydrogens (tertiary/aromatic N) is 2. The Kier molecular flexibility index (Phi) is 6.23. The second kappa shape index (κ2) is 7.68. The van der Waals surface area contributed by atoms with Gasteiger partial charge in [0.25, 0.3) is 0 Å². The van der Waals surface area contributed by atoms with Crippen molar-refractivity contribution in [3.63, 3.8) is 0 Å². The van der Waals surface area contributed by atoms with Crippen LogP contribution in [-0.4, -0.2) is 71.7 Å². The lowest BCUT2D eigenvalue weighted by Gasteiger charge is -2.34. The molecule has 0 aromatic rings. The number of hydrogen-bond acceptors (Lipinski definition) is 4. The molecule has 0 aromatic heterocycles. The molecule has 8 heteroatoms. The smallest absolute Gasteiger partial charge is 0.323 e. The van der Waals surface area contributed by atoms with Crippen LogP contribution in [0.3, 0.4) is 0 Å². The number of urea groups is 1. The van der Waals surface area contributed by atoms with Crippen LogP contribution in [0, 0.1) is 0 Å². The summed E-state index contributed by atoms with van der Waals surface area (Å²) < 4.78 is 5.48. The molecule has 0 atom stereocenters. The Bertz CT molecular complexity index is 350. The lowest BCUT2D eigenvalue weighted by atomic mass is 10.1. The van der Waals surface area contributed by atoms with E-state index in [0.29, 0.717) is 32.5 Å². The van der Waals surface area contributed by atoms with Gasteiger partial charge < -0.3 is 25.4 Å². The zero-order valence-electron chi connectivity index (χ0n) is 11.6. The average Bonchev–Trinajstić information content (AvgIpc) is 2.37. The van der Waals surface area contributed by atoms with E-state index in [4.69, 9.17) is 15.6 Å². The molecule has 1 fully saturated rings. The van der Waals surface area contributed by atoms with Crippen molar-refractivity contribution in [3.05, 3.63) is 0 Å². The van der Waals surface area contributed by atoms with E-state index in [1.807, 2.05) is 6.92 Å². The van der Waals surface area contributed by atoms with Gasteiger partial charge in [-0.1, -0.05) is 0 Å². The monoisotopic (exact) mass is 287 g/mol. The summed E-state index contributed by atoms with van der Waals surface area (Å²) in [6, 6.07) is -0.471. The first-order valence-corrected chi connectivity index (χ1v) is 6.59. The van der Waals surface area contributed by atoms with E-state index in [1.54, 1.807) is 0 Å². The van der Waals surface area contributed by atoms with Crippen molar-refractivity contribution < 1.29 is 24.2 Å². The largest absolute Gasteiger partial charge is 0.480 e. The van der Waals surface area contributed by atoms with E-state index in [1.165, 1.54) is 4.90 Å². The highest BCUT2D eigenvalue weighted by Gasteiger charge is 2.28. The molecule has 1 aliphatic rings. The van der Waals surface area contributed by atoms with Gasteiger partial charge in [-0.15, -0.1) is 0 Å². The van der Waals surface area contributed by atoms with Crippen molar-refractivity contribution in [2.75, 3.05) is 32.8 Å². The minimum absolute atomic E-state index is 0.133. The van der Waals surface area contributed by atoms with E-state index < -0.39 is 31.0 Å². The van der Waals surface area contributed by atoms with Crippen molar-refractivity contribution in [3.8, 4) is 0 Å². The molecule has 1 aliphatic heterocycles. The fourth-order valence-corrected chi connectivity index (χ4v) is 2.19. The van der Waals surface area contributed by atoms with Crippen LogP contribution in [0.5, 0.6) is 0 Å². The van der Waals surface area contributed by atoms with Crippen molar-refractivity contribution in [1.29, 1.82) is 0 Å². The minimum Gasteiger partial charge on any atom is -0.480 e. The summed E-state index contributed by atoms with van der Waals surface area (Å²) in [5.74, 6) is -1.91. The van der Waals surface area contributed by atoms with Gasteiger partial charge in [0.1, 0.15) is 13.1 Å². The number of carbonyl (C=O) groups excluding carboxylic acids is 2. The second-order valence-electron chi connectivity index (χ2n) is 4.64. The molecule has 3 amide bonds. The number of hydrogen-bond donors (Lipinski definition) is 2. The Morgan fingerprint density at radius 1 is 1.30 bits per heavy atom. The van der Waals surface area contributed by atoms with E-state index in [-0.39, 0.29) is 6.10 Å². The topological polar surface area (TPSA) is 113 Å². The summed E-state index contributed by atoms with van der Waals surface area (Å²) in [5, 5.41) is 8.77. The quantitative estimate of drug-likeness (QED) is 0.682. The van der Waals surface area contributed by atoms with Crippen LogP contribution >= 0.6 is 0 Å². The van der Waals surface area contributed by atoms with Gasteiger partial charge in [0.2, 0.25) is 5.91 Å². The molecule has 1 saturated heterocycles. The number of rotatable bonds is 6. The number of likely N-dealkylation sites (tertiary alicyclic amines) is 1. The van der Waals surface area contributed by atoms with E-state index in [2.05, 4.69) is 0 Å². The normalized spacial score (nSPS) is 15.9. The number of primary amides is 1. The third-order valence-corrected chi connectivity index (χ3v) is 3.06. The second-order valence-corrected chi connectivity index (χ2v) is 4.64. The van der Waals surface area contributed by atoms with Gasteiger partial charge in [-0.2, -0.15) is 0 Å². The molecular formula is C12H21N3O5. The predicted octanol–water partition coefficient (Wildman–Crippen LogP) is -0.521. The molecule has 0 aliphatic carbocycles. The van der Waals surface area contributed by atoms with Gasteiger partial charge in [0.05, 0.1) is 6.10 Å². The molecule has 3 N–H and O–H groups in total. The molecule has 20 heavy (non-hydrogen) atoms. The van der Waals surface area contributed by atoms with Crippen molar-refractivity contribution >= 4 is 17.9 Å². The molecule has 0 spiro atoms. The number of ether oxygens (including phenoxy) is 1. The van der Waals surface area contributed by atoms with Crippen molar-refractivity contribution in [2.24, 2.45) is 5.73 Å². The maximum Gasteiger partial charge on any atom is 0.323 e. The summed E-state index contributed by atoms with van der Waals surface area (Å²) in [6.45, 7) is 2.59. The molecule has 0 bridgehead atoms. The summed E-state index contributed by atoms with van der Waals surface area (Å²) in [7, 11) is 0. The molecule has 1 heterocycles. The Balaban J connectivity index is 2.57. The fourth-order valence-electron chi connectivity index (χ4n) is 2.19. The van der Waals surface area contributed by atoms with Gasteiger partial charge in [-0.3, -0.25) is 9.59 Å². The highest BCUT2D eigenvalue weighted by molar-refractivity contribution is 5.86. The third kappa shape index (κ3) is 5.04. The lowest BCUT2D eigenvalue weighted by molar-refractivity contribution is -0.138. The van der Waals surface area contributed by atoms with E-state index >= 15 is 0 Å². The van der Waals surface area contributed by atoms with Crippen LogP contribution in [0.2, 0.25) is 0 Å². The Morgan fingerprint density at radius 3 is 2.35 bits per heavy atom. The maximum atomic E-state index is 12.2. The molecular weight excluding hydrogens is 266 g/mol. The number of nitrogens with two attached hydrogens (primary N) is 1. The highest BCUT2D eigenvalue weighted by Crippen LogP contribution is 2.15. The molecule has 0 unspecified atom stereocenters. The molecule has 0 radical (unpaired) electrons. The maximum absolute atomic E-state index is 12.2. The SMILES string of the molecule is CCOC1CCN(C(=O)N(CC(N)=O)CC(=O)O)CC1. The first kappa shape index (κ1) is 16.2. The molecule has 1 rings (SSSR count). The number of piperidine rings is 1. The van der Waals surface area contributed by atoms with Crippen molar-refractivity contribution in [2.45, 2.75) is 25.9 Å². The van der Waals surface area contributed by atoms with Gasteiger partial charge >= 0.3 is 12.0 Å². The average molecular weight is 287 g/mol. The molecule has 0 aromatic carbocycles.